The third-order valence-corrected chi connectivity index (χ3v) is 1.80. The Bertz CT molecular complexity index is 281. The zero-order valence-electron chi connectivity index (χ0n) is 7.73. The Balaban J connectivity index is 2.16. The van der Waals surface area contributed by atoms with Crippen LogP contribution in [-0.4, -0.2) is 20.9 Å². The molecule has 0 saturated carbocycles. The van der Waals surface area contributed by atoms with E-state index in [2.05, 4.69) is 5.10 Å². The molecule has 72 valence electrons. The average molecular weight is 182 g/mol. The van der Waals surface area contributed by atoms with Gasteiger partial charge in [0.1, 0.15) is 0 Å². The number of carbonyl (C=O) groups is 1. The lowest BCUT2D eigenvalue weighted by atomic mass is 10.2. The van der Waals surface area contributed by atoms with Crippen LogP contribution >= 0.6 is 0 Å². The molecule has 0 spiro atoms. The van der Waals surface area contributed by atoms with Crippen LogP contribution in [0, 0.1) is 6.92 Å². The van der Waals surface area contributed by atoms with Crippen molar-refractivity contribution in [2.75, 3.05) is 0 Å². The van der Waals surface area contributed by atoms with Crippen LogP contribution in [0.5, 0.6) is 0 Å². The number of aromatic nitrogens is 2. The molecular weight excluding hydrogens is 168 g/mol. The topological polar surface area (TPSA) is 55.1 Å². The summed E-state index contributed by atoms with van der Waals surface area (Å²) in [5, 5.41) is 12.6. The molecule has 1 heterocycles. The number of nitrogens with zero attached hydrogens (tertiary/aromatic N) is 2. The zero-order chi connectivity index (χ0) is 9.68. The van der Waals surface area contributed by atoms with Crippen molar-refractivity contribution in [1.82, 2.24) is 9.78 Å². The largest absolute Gasteiger partial charge is 0.481 e. The summed E-state index contributed by atoms with van der Waals surface area (Å²) in [6.07, 6.45) is 3.75. The number of aryl methyl sites for hydroxylation is 2. The van der Waals surface area contributed by atoms with Gasteiger partial charge in [0, 0.05) is 19.2 Å². The maximum atomic E-state index is 10.2. The summed E-state index contributed by atoms with van der Waals surface area (Å²) in [5.74, 6) is -0.725. The maximum absolute atomic E-state index is 10.2. The van der Waals surface area contributed by atoms with Crippen LogP contribution in [0.4, 0.5) is 0 Å². The molecule has 1 aromatic heterocycles. The van der Waals surface area contributed by atoms with Crippen LogP contribution in [0.15, 0.2) is 12.3 Å². The Labute approximate surface area is 77.2 Å². The van der Waals surface area contributed by atoms with Gasteiger partial charge in [-0.15, -0.1) is 0 Å². The minimum absolute atomic E-state index is 0.250. The SMILES string of the molecule is Cc1ccn(CCCCC(=O)O)n1. The van der Waals surface area contributed by atoms with Crippen molar-refractivity contribution in [3.63, 3.8) is 0 Å². The van der Waals surface area contributed by atoms with E-state index in [4.69, 9.17) is 5.11 Å². The van der Waals surface area contributed by atoms with E-state index in [1.807, 2.05) is 23.9 Å². The van der Waals surface area contributed by atoms with Crippen LogP contribution < -0.4 is 0 Å². The molecule has 0 atom stereocenters. The molecule has 0 fully saturated rings. The van der Waals surface area contributed by atoms with E-state index >= 15 is 0 Å². The summed E-state index contributed by atoms with van der Waals surface area (Å²) < 4.78 is 1.84. The molecule has 0 radical (unpaired) electrons. The minimum Gasteiger partial charge on any atom is -0.481 e. The molecule has 4 heteroatoms. The first-order chi connectivity index (χ1) is 6.18. The second-order valence-corrected chi connectivity index (χ2v) is 3.07. The lowest BCUT2D eigenvalue weighted by molar-refractivity contribution is -0.137. The fourth-order valence-corrected chi connectivity index (χ4v) is 1.14. The highest BCUT2D eigenvalue weighted by molar-refractivity contribution is 5.66. The van der Waals surface area contributed by atoms with Crippen molar-refractivity contribution in [3.8, 4) is 0 Å². The van der Waals surface area contributed by atoms with Crippen LogP contribution in [-0.2, 0) is 11.3 Å². The van der Waals surface area contributed by atoms with Gasteiger partial charge < -0.3 is 5.11 Å². The highest BCUT2D eigenvalue weighted by Crippen LogP contribution is 1.99. The monoisotopic (exact) mass is 182 g/mol. The number of hydrogen-bond donors (Lipinski definition) is 1. The molecule has 13 heavy (non-hydrogen) atoms. The third kappa shape index (κ3) is 3.73. The van der Waals surface area contributed by atoms with E-state index < -0.39 is 5.97 Å². The second-order valence-electron chi connectivity index (χ2n) is 3.07. The third-order valence-electron chi connectivity index (χ3n) is 1.80. The van der Waals surface area contributed by atoms with Gasteiger partial charge in [-0.1, -0.05) is 0 Å². The highest BCUT2D eigenvalue weighted by Gasteiger charge is 1.97. The molecule has 0 saturated heterocycles. The molecule has 0 aromatic carbocycles. The Kier molecular flexibility index (Phi) is 3.49. The van der Waals surface area contributed by atoms with E-state index in [0.29, 0.717) is 6.42 Å². The summed E-state index contributed by atoms with van der Waals surface area (Å²) in [6, 6.07) is 1.94. The summed E-state index contributed by atoms with van der Waals surface area (Å²) >= 11 is 0. The summed E-state index contributed by atoms with van der Waals surface area (Å²) in [6.45, 7) is 2.74. The van der Waals surface area contributed by atoms with Gasteiger partial charge >= 0.3 is 5.97 Å². The van der Waals surface area contributed by atoms with Gasteiger partial charge in [-0.2, -0.15) is 5.10 Å². The predicted molar refractivity (Wildman–Crippen MR) is 48.5 cm³/mol. The molecule has 0 aliphatic rings. The van der Waals surface area contributed by atoms with E-state index in [-0.39, 0.29) is 6.42 Å². The molecule has 0 unspecified atom stereocenters. The molecule has 1 rings (SSSR count). The number of carboxylic acid groups (broad SMARTS) is 1. The van der Waals surface area contributed by atoms with Gasteiger partial charge in [-0.25, -0.2) is 0 Å². The molecule has 1 aromatic rings. The summed E-state index contributed by atoms with van der Waals surface area (Å²) in [7, 11) is 0. The van der Waals surface area contributed by atoms with E-state index in [0.717, 1.165) is 18.7 Å². The Morgan fingerprint density at radius 2 is 2.38 bits per heavy atom. The highest BCUT2D eigenvalue weighted by atomic mass is 16.4. The second kappa shape index (κ2) is 4.64. The molecule has 0 aliphatic carbocycles. The Morgan fingerprint density at radius 3 is 2.92 bits per heavy atom. The Hall–Kier alpha value is -1.32. The molecular formula is C9H14N2O2. The van der Waals surface area contributed by atoms with Crippen molar-refractivity contribution in [3.05, 3.63) is 18.0 Å². The van der Waals surface area contributed by atoms with Crippen molar-refractivity contribution >= 4 is 5.97 Å². The summed E-state index contributed by atoms with van der Waals surface area (Å²) in [5.41, 5.74) is 0.998. The average Bonchev–Trinajstić information content (AvgIpc) is 2.45. The van der Waals surface area contributed by atoms with Crippen LogP contribution in [0.2, 0.25) is 0 Å². The van der Waals surface area contributed by atoms with Crippen molar-refractivity contribution in [2.45, 2.75) is 32.7 Å². The lowest BCUT2D eigenvalue weighted by Crippen LogP contribution is -2.00. The van der Waals surface area contributed by atoms with Gasteiger partial charge in [0.25, 0.3) is 0 Å². The van der Waals surface area contributed by atoms with E-state index in [1.165, 1.54) is 0 Å². The molecule has 1 N–H and O–H groups in total. The standard InChI is InChI=1S/C9H14N2O2/c1-8-5-7-11(10-8)6-3-2-4-9(12)13/h5,7H,2-4,6H2,1H3,(H,12,13). The Morgan fingerprint density at radius 1 is 1.62 bits per heavy atom. The molecule has 0 aliphatic heterocycles. The summed E-state index contributed by atoms with van der Waals surface area (Å²) in [4.78, 5) is 10.2. The fraction of sp³-hybridized carbons (Fsp3) is 0.556. The number of unbranched alkanes of at least 4 members (excludes halogenated alkanes) is 1. The van der Waals surface area contributed by atoms with Crippen molar-refractivity contribution in [1.29, 1.82) is 0 Å². The van der Waals surface area contributed by atoms with Crippen LogP contribution in [0.1, 0.15) is 25.0 Å². The molecule has 0 amide bonds. The van der Waals surface area contributed by atoms with Gasteiger partial charge in [0.15, 0.2) is 0 Å². The predicted octanol–water partition coefficient (Wildman–Crippen LogP) is 1.45. The van der Waals surface area contributed by atoms with Crippen LogP contribution in [0.25, 0.3) is 0 Å². The first-order valence-electron chi connectivity index (χ1n) is 4.40. The molecule has 4 nitrogen and oxygen atoms in total. The maximum Gasteiger partial charge on any atom is 0.303 e. The molecule has 0 bridgehead atoms. The minimum atomic E-state index is -0.725. The van der Waals surface area contributed by atoms with Gasteiger partial charge in [-0.3, -0.25) is 9.48 Å². The first kappa shape index (κ1) is 9.77. The van der Waals surface area contributed by atoms with E-state index in [9.17, 15) is 4.79 Å². The fourth-order valence-electron chi connectivity index (χ4n) is 1.14. The van der Waals surface area contributed by atoms with Gasteiger partial charge in [0.2, 0.25) is 0 Å². The quantitative estimate of drug-likeness (QED) is 0.701. The first-order valence-corrected chi connectivity index (χ1v) is 4.40. The number of carboxylic acids is 1. The lowest BCUT2D eigenvalue weighted by Gasteiger charge is -1.99. The number of aliphatic carboxylic acids is 1. The van der Waals surface area contributed by atoms with Crippen LogP contribution in [0.3, 0.4) is 0 Å². The van der Waals surface area contributed by atoms with E-state index in [1.54, 1.807) is 0 Å². The van der Waals surface area contributed by atoms with Gasteiger partial charge in [0.05, 0.1) is 5.69 Å². The smallest absolute Gasteiger partial charge is 0.303 e. The normalized spacial score (nSPS) is 10.2. The zero-order valence-corrected chi connectivity index (χ0v) is 7.73. The number of rotatable bonds is 5. The van der Waals surface area contributed by atoms with Crippen molar-refractivity contribution < 1.29 is 9.90 Å². The van der Waals surface area contributed by atoms with Gasteiger partial charge in [-0.05, 0) is 25.8 Å². The van der Waals surface area contributed by atoms with Crippen molar-refractivity contribution in [2.24, 2.45) is 0 Å². The number of hydrogen-bond acceptors (Lipinski definition) is 2.